The van der Waals surface area contributed by atoms with Crippen LogP contribution in [0.5, 0.6) is 0 Å². The third-order valence-corrected chi connectivity index (χ3v) is 6.76. The van der Waals surface area contributed by atoms with Gasteiger partial charge in [-0.15, -0.1) is 11.3 Å². The van der Waals surface area contributed by atoms with Crippen LogP contribution in [0.3, 0.4) is 0 Å². The summed E-state index contributed by atoms with van der Waals surface area (Å²) in [6.07, 6.45) is 2.08. The highest BCUT2D eigenvalue weighted by atomic mass is 32.2. The lowest BCUT2D eigenvalue weighted by atomic mass is 9.87. The number of urea groups is 1. The van der Waals surface area contributed by atoms with E-state index < -0.39 is 0 Å². The summed E-state index contributed by atoms with van der Waals surface area (Å²) >= 11 is 3.38. The number of hydrogen-bond acceptors (Lipinski definition) is 5. The summed E-state index contributed by atoms with van der Waals surface area (Å²) in [6.45, 7) is 9.93. The molecule has 0 saturated carbocycles. The molecule has 0 spiro atoms. The minimum atomic E-state index is -0.287. The van der Waals surface area contributed by atoms with Gasteiger partial charge in [0.2, 0.25) is 5.91 Å². The van der Waals surface area contributed by atoms with Crippen LogP contribution in [-0.4, -0.2) is 59.9 Å². The molecule has 1 aromatic heterocycles. The fourth-order valence-corrected chi connectivity index (χ4v) is 4.91. The van der Waals surface area contributed by atoms with Crippen LogP contribution in [-0.2, 0) is 4.79 Å². The van der Waals surface area contributed by atoms with Crippen LogP contribution in [0.4, 0.5) is 4.79 Å². The maximum atomic E-state index is 12.4. The van der Waals surface area contributed by atoms with Crippen molar-refractivity contribution in [2.24, 2.45) is 5.41 Å². The normalized spacial score (nSPS) is 18.6. The molecule has 1 aromatic rings. The zero-order chi connectivity index (χ0) is 20.0. The summed E-state index contributed by atoms with van der Waals surface area (Å²) < 4.78 is 3.36. The molecular weight excluding hydrogens is 380 g/mol. The molecule has 0 bridgehead atoms. The van der Waals surface area contributed by atoms with Gasteiger partial charge in [-0.2, -0.15) is 0 Å². The Bertz CT molecular complexity index is 616. The number of thiophene rings is 1. The summed E-state index contributed by atoms with van der Waals surface area (Å²) in [5, 5.41) is 7.85. The predicted octanol–water partition coefficient (Wildman–Crippen LogP) is 3.41. The first-order valence-corrected chi connectivity index (χ1v) is 11.1. The molecule has 6 nitrogen and oxygen atoms in total. The van der Waals surface area contributed by atoms with Gasteiger partial charge in [-0.25, -0.2) is 9.10 Å². The maximum absolute atomic E-state index is 12.4. The van der Waals surface area contributed by atoms with Gasteiger partial charge in [-0.3, -0.25) is 4.79 Å². The fraction of sp³-hybridized carbons (Fsp3) is 0.684. The lowest BCUT2D eigenvalue weighted by Crippen LogP contribution is -2.53. The first kappa shape index (κ1) is 22.0. The standard InChI is InChI=1S/C19H32N4O2S2/c1-14-8-6-10-23(14)16(24)12-20-18(25)21-15(19(2,3)4)13-22(5)27-17-9-7-11-26-17/h7,9,11,14-15H,6,8,10,12-13H2,1-5H3,(H2,20,21,25)/t14-,15-/m1/s1. The second-order valence-corrected chi connectivity index (χ2v) is 10.6. The number of likely N-dealkylation sites (N-methyl/N-ethyl adjacent to an activating group) is 1. The Hall–Kier alpha value is -1.25. The van der Waals surface area contributed by atoms with E-state index in [0.717, 1.165) is 19.4 Å². The van der Waals surface area contributed by atoms with Crippen LogP contribution in [0.2, 0.25) is 0 Å². The molecule has 1 aliphatic rings. The van der Waals surface area contributed by atoms with E-state index in [2.05, 4.69) is 54.1 Å². The Labute approximate surface area is 171 Å². The number of likely N-dealkylation sites (tertiary alicyclic amines) is 1. The summed E-state index contributed by atoms with van der Waals surface area (Å²) in [5.74, 6) is -0.00664. The Morgan fingerprint density at radius 2 is 2.19 bits per heavy atom. The zero-order valence-electron chi connectivity index (χ0n) is 16.9. The molecule has 2 rings (SSSR count). The van der Waals surface area contributed by atoms with Crippen molar-refractivity contribution in [1.29, 1.82) is 0 Å². The molecule has 152 valence electrons. The Morgan fingerprint density at radius 3 is 2.74 bits per heavy atom. The Morgan fingerprint density at radius 1 is 1.44 bits per heavy atom. The van der Waals surface area contributed by atoms with Crippen molar-refractivity contribution in [3.63, 3.8) is 0 Å². The van der Waals surface area contributed by atoms with Gasteiger partial charge < -0.3 is 15.5 Å². The first-order valence-electron chi connectivity index (χ1n) is 9.43. The highest BCUT2D eigenvalue weighted by Crippen LogP contribution is 2.28. The van der Waals surface area contributed by atoms with Crippen molar-refractivity contribution in [1.82, 2.24) is 19.8 Å². The van der Waals surface area contributed by atoms with Crippen LogP contribution in [0.1, 0.15) is 40.5 Å². The average Bonchev–Trinajstić information content (AvgIpc) is 3.22. The number of rotatable bonds is 7. The van der Waals surface area contributed by atoms with Crippen molar-refractivity contribution in [2.45, 2.75) is 56.8 Å². The van der Waals surface area contributed by atoms with Gasteiger partial charge in [-0.05, 0) is 55.6 Å². The molecule has 27 heavy (non-hydrogen) atoms. The van der Waals surface area contributed by atoms with Gasteiger partial charge in [0.25, 0.3) is 0 Å². The Kier molecular flexibility index (Phi) is 8.00. The van der Waals surface area contributed by atoms with Crippen LogP contribution < -0.4 is 10.6 Å². The van der Waals surface area contributed by atoms with Crippen molar-refractivity contribution < 1.29 is 9.59 Å². The van der Waals surface area contributed by atoms with E-state index in [0.29, 0.717) is 6.54 Å². The topological polar surface area (TPSA) is 64.7 Å². The van der Waals surface area contributed by atoms with Crippen LogP contribution in [0.25, 0.3) is 0 Å². The second kappa shape index (κ2) is 9.80. The second-order valence-electron chi connectivity index (χ2n) is 8.16. The van der Waals surface area contributed by atoms with E-state index >= 15 is 0 Å². The van der Waals surface area contributed by atoms with E-state index in [4.69, 9.17) is 0 Å². The van der Waals surface area contributed by atoms with Gasteiger partial charge in [0, 0.05) is 25.2 Å². The third-order valence-electron chi connectivity index (χ3n) is 4.80. The SMILES string of the molecule is C[C@@H]1CCCN1C(=O)CNC(=O)N[C@H](CN(C)Sc1cccs1)C(C)(C)C. The largest absolute Gasteiger partial charge is 0.338 e. The van der Waals surface area contributed by atoms with Gasteiger partial charge >= 0.3 is 6.03 Å². The molecule has 2 atom stereocenters. The van der Waals surface area contributed by atoms with E-state index in [1.807, 2.05) is 18.0 Å². The van der Waals surface area contributed by atoms with Crippen molar-refractivity contribution >= 4 is 35.2 Å². The highest BCUT2D eigenvalue weighted by molar-refractivity contribution is 7.98. The summed E-state index contributed by atoms with van der Waals surface area (Å²) in [5.41, 5.74) is -0.102. The Balaban J connectivity index is 1.83. The van der Waals surface area contributed by atoms with E-state index in [1.165, 1.54) is 4.21 Å². The smallest absolute Gasteiger partial charge is 0.315 e. The lowest BCUT2D eigenvalue weighted by Gasteiger charge is -2.34. The quantitative estimate of drug-likeness (QED) is 0.674. The van der Waals surface area contributed by atoms with Gasteiger partial charge in [0.05, 0.1) is 10.8 Å². The lowest BCUT2D eigenvalue weighted by molar-refractivity contribution is -0.130. The monoisotopic (exact) mass is 412 g/mol. The van der Waals surface area contributed by atoms with Gasteiger partial charge in [0.1, 0.15) is 0 Å². The van der Waals surface area contributed by atoms with Crippen LogP contribution >= 0.6 is 23.3 Å². The number of nitrogens with zero attached hydrogens (tertiary/aromatic N) is 2. The van der Waals surface area contributed by atoms with Crippen molar-refractivity contribution in [2.75, 3.05) is 26.7 Å². The molecule has 3 amide bonds. The minimum absolute atomic E-state index is 0.00664. The number of amides is 3. The van der Waals surface area contributed by atoms with E-state index in [-0.39, 0.29) is 36.0 Å². The number of nitrogens with one attached hydrogen (secondary N) is 2. The molecule has 0 aliphatic carbocycles. The molecule has 1 saturated heterocycles. The molecule has 1 fully saturated rings. The molecule has 0 radical (unpaired) electrons. The maximum Gasteiger partial charge on any atom is 0.315 e. The number of hydrogen-bond donors (Lipinski definition) is 2. The van der Waals surface area contributed by atoms with Gasteiger partial charge in [0.15, 0.2) is 0 Å². The molecule has 0 unspecified atom stereocenters. The van der Waals surface area contributed by atoms with E-state index in [1.54, 1.807) is 23.3 Å². The number of carbonyl (C=O) groups excluding carboxylic acids is 2. The molecule has 2 N–H and O–H groups in total. The van der Waals surface area contributed by atoms with Crippen molar-refractivity contribution in [3.05, 3.63) is 17.5 Å². The predicted molar refractivity (Wildman–Crippen MR) is 113 cm³/mol. The zero-order valence-corrected chi connectivity index (χ0v) is 18.6. The molecule has 8 heteroatoms. The summed E-state index contributed by atoms with van der Waals surface area (Å²) in [6, 6.07) is 4.06. The summed E-state index contributed by atoms with van der Waals surface area (Å²) in [7, 11) is 2.03. The van der Waals surface area contributed by atoms with Gasteiger partial charge in [-0.1, -0.05) is 26.8 Å². The fourth-order valence-electron chi connectivity index (χ4n) is 3.07. The van der Waals surface area contributed by atoms with Crippen LogP contribution in [0, 0.1) is 5.41 Å². The van der Waals surface area contributed by atoms with E-state index in [9.17, 15) is 9.59 Å². The van der Waals surface area contributed by atoms with Crippen molar-refractivity contribution in [3.8, 4) is 0 Å². The number of carbonyl (C=O) groups is 2. The minimum Gasteiger partial charge on any atom is -0.338 e. The highest BCUT2D eigenvalue weighted by Gasteiger charge is 2.29. The molecule has 2 heterocycles. The molecule has 0 aromatic carbocycles. The molecule has 1 aliphatic heterocycles. The first-order chi connectivity index (χ1) is 12.7. The third kappa shape index (κ3) is 7.01. The molecular formula is C19H32N4O2S2. The average molecular weight is 413 g/mol. The summed E-state index contributed by atoms with van der Waals surface area (Å²) in [4.78, 5) is 26.5. The van der Waals surface area contributed by atoms with Crippen LogP contribution in [0.15, 0.2) is 21.7 Å².